The number of aryl methyl sites for hydroxylation is 1. The van der Waals surface area contributed by atoms with E-state index in [1.807, 2.05) is 52.3 Å². The van der Waals surface area contributed by atoms with Gasteiger partial charge < -0.3 is 33.9 Å². The second-order valence-electron chi connectivity index (χ2n) is 21.1. The molecule has 1 aromatic carbocycles. The molecule has 2 N–H and O–H groups in total. The van der Waals surface area contributed by atoms with E-state index in [0.29, 0.717) is 70.1 Å². The molecule has 4 aliphatic heterocycles. The number of nitrogens with one attached hydrogen (secondary N) is 2. The van der Waals surface area contributed by atoms with Crippen LogP contribution in [0.25, 0.3) is 33.4 Å². The first-order valence-electron chi connectivity index (χ1n) is 25.4. The summed E-state index contributed by atoms with van der Waals surface area (Å²) in [5.74, 6) is 4.46. The van der Waals surface area contributed by atoms with Gasteiger partial charge in [-0.2, -0.15) is 0 Å². The number of methoxy groups -OCH3 is 1. The minimum atomic E-state index is -0.970. The Labute approximate surface area is 427 Å². The molecule has 0 saturated carbocycles. The lowest BCUT2D eigenvalue weighted by Gasteiger charge is -2.36. The molecule has 386 valence electrons. The number of hydrazine groups is 1. The van der Waals surface area contributed by atoms with Crippen molar-refractivity contribution in [2.75, 3.05) is 72.7 Å². The van der Waals surface area contributed by atoms with Crippen LogP contribution in [0.1, 0.15) is 89.6 Å². The lowest BCUT2D eigenvalue weighted by atomic mass is 9.84. The van der Waals surface area contributed by atoms with E-state index in [-0.39, 0.29) is 55.4 Å². The molecule has 4 aliphatic rings. The fraction of sp³-hybridized carbons (Fsp3) is 0.574. The molecule has 4 saturated heterocycles. The van der Waals surface area contributed by atoms with Gasteiger partial charge in [0.1, 0.15) is 12.1 Å². The molecular formula is C54H71N9O8S. The van der Waals surface area contributed by atoms with Crippen LogP contribution >= 0.6 is 11.3 Å². The lowest BCUT2D eigenvalue weighted by Crippen LogP contribution is -2.60. The first kappa shape index (κ1) is 52.6. The summed E-state index contributed by atoms with van der Waals surface area (Å²) in [6.07, 6.45) is 5.01. The number of rotatable bonds is 17. The van der Waals surface area contributed by atoms with Gasteiger partial charge in [0.2, 0.25) is 11.8 Å². The van der Waals surface area contributed by atoms with Gasteiger partial charge >= 0.3 is 0 Å². The first-order valence-corrected chi connectivity index (χ1v) is 26.3. The molecule has 17 nitrogen and oxygen atoms in total. The van der Waals surface area contributed by atoms with E-state index in [2.05, 4.69) is 64.1 Å². The fourth-order valence-electron chi connectivity index (χ4n) is 10.9. The van der Waals surface area contributed by atoms with Crippen LogP contribution < -0.4 is 10.7 Å². The highest BCUT2D eigenvalue weighted by Gasteiger charge is 2.54. The minimum Gasteiger partial charge on any atom is -0.467 e. The highest BCUT2D eigenvalue weighted by Crippen LogP contribution is 2.43. The van der Waals surface area contributed by atoms with E-state index in [1.54, 1.807) is 28.1 Å². The quantitative estimate of drug-likeness (QED) is 0.105. The summed E-state index contributed by atoms with van der Waals surface area (Å²) in [4.78, 5) is 83.7. The summed E-state index contributed by atoms with van der Waals surface area (Å²) in [6, 6.07) is 8.56. The van der Waals surface area contributed by atoms with E-state index >= 15 is 0 Å². The van der Waals surface area contributed by atoms with Gasteiger partial charge in [0.05, 0.1) is 60.0 Å². The monoisotopic (exact) mass is 1010 g/mol. The van der Waals surface area contributed by atoms with Crippen LogP contribution in [-0.4, -0.2) is 155 Å². The highest BCUT2D eigenvalue weighted by molar-refractivity contribution is 7.10. The Morgan fingerprint density at radius 1 is 1.10 bits per heavy atom. The van der Waals surface area contributed by atoms with Crippen molar-refractivity contribution in [2.24, 2.45) is 23.8 Å². The Kier molecular flexibility index (Phi) is 16.5. The lowest BCUT2D eigenvalue weighted by molar-refractivity contribution is -0.146. The maximum atomic E-state index is 14.7. The highest BCUT2D eigenvalue weighted by atomic mass is 32.1. The largest absolute Gasteiger partial charge is 0.467 e. The number of ether oxygens (including phenoxy) is 3. The second kappa shape index (κ2) is 22.6. The topological polar surface area (TPSA) is 181 Å². The number of likely N-dealkylation sites (tertiary alicyclic amines) is 2. The maximum Gasteiger partial charge on any atom is 0.298 e. The summed E-state index contributed by atoms with van der Waals surface area (Å²) >= 11 is 1.43. The second-order valence-corrected chi connectivity index (χ2v) is 22.1. The molecule has 1 spiro atoms. The van der Waals surface area contributed by atoms with Crippen molar-refractivity contribution in [1.29, 1.82) is 0 Å². The third kappa shape index (κ3) is 11.4. The van der Waals surface area contributed by atoms with Crippen LogP contribution in [0.4, 0.5) is 0 Å². The third-order valence-corrected chi connectivity index (χ3v) is 15.7. The van der Waals surface area contributed by atoms with Crippen LogP contribution in [0.15, 0.2) is 41.9 Å². The number of thiazole rings is 1. The van der Waals surface area contributed by atoms with E-state index in [0.717, 1.165) is 70.6 Å². The number of morpholine rings is 1. The Hall–Kier alpha value is -5.71. The summed E-state index contributed by atoms with van der Waals surface area (Å²) in [5.41, 5.74) is 8.58. The Bertz CT molecular complexity index is 2700. The van der Waals surface area contributed by atoms with Crippen molar-refractivity contribution < 1.29 is 38.2 Å². The summed E-state index contributed by atoms with van der Waals surface area (Å²) < 4.78 is 18.7. The van der Waals surface area contributed by atoms with Crippen LogP contribution in [-0.2, 0) is 58.1 Å². The average molecular weight is 1010 g/mol. The number of amides is 4. The van der Waals surface area contributed by atoms with E-state index in [4.69, 9.17) is 24.2 Å². The number of hydrogen-bond donors (Lipinski definition) is 2. The van der Waals surface area contributed by atoms with E-state index in [9.17, 15) is 24.0 Å². The Balaban J connectivity index is 1.04. The normalized spacial score (nSPS) is 21.0. The summed E-state index contributed by atoms with van der Waals surface area (Å²) in [7, 11) is 3.72. The molecular weight excluding hydrogens is 935 g/mol. The molecule has 4 amide bonds. The molecule has 4 aromatic rings. The number of aromatic nitrogens is 3. The van der Waals surface area contributed by atoms with E-state index < -0.39 is 28.8 Å². The number of carbonyl (C=O) groups excluding carboxylic acids is 5. The number of nitrogens with zero attached hydrogens (tertiary/aromatic N) is 7. The van der Waals surface area contributed by atoms with Gasteiger partial charge in [0, 0.05) is 105 Å². The predicted molar refractivity (Wildman–Crippen MR) is 275 cm³/mol. The standard InChI is InChI=1S/C54H71N9O8S/c1-35(2)48(62-23-18-54(52(62)68)17-22-61(32-54)46(65)14-11-20-60-24-26-70-27-25-60)50(66)57-42(51(67)63-21-10-12-36(3)58-63)29-45-56-43(31-72-45)38-15-16-44-40(28-38)41(30-53(5,6)33-71-34-64)49(59(44)7)39-13-9-19-55-47(39)37(4)69-8/h9,13,15-16,19,28,31,34-37,42,48,58H,10,12,17-18,20-27,29-30,32-33H2,1-8H3,(H,57,66)/t36-,37+,42+,48+,54?/m1/s1. The van der Waals surface area contributed by atoms with Crippen molar-refractivity contribution in [3.8, 4) is 34.4 Å². The first-order chi connectivity index (χ1) is 34.5. The van der Waals surface area contributed by atoms with Gasteiger partial charge in [-0.1, -0.05) is 39.7 Å². The van der Waals surface area contributed by atoms with E-state index in [1.165, 1.54) is 11.3 Å². The zero-order valence-electron chi connectivity index (χ0n) is 43.1. The maximum absolute atomic E-state index is 14.7. The average Bonchev–Trinajstić information content (AvgIpc) is 4.16. The number of fused-ring (bicyclic) bond motifs is 1. The molecule has 1 unspecified atom stereocenters. The number of pyridine rings is 1. The molecule has 0 radical (unpaired) electrons. The molecule has 0 bridgehead atoms. The van der Waals surface area contributed by atoms with Gasteiger partial charge in [-0.25, -0.2) is 10.4 Å². The van der Waals surface area contributed by atoms with Crippen molar-refractivity contribution in [1.82, 2.24) is 45.0 Å². The van der Waals surface area contributed by atoms with Gasteiger partial charge in [-0.05, 0) is 87.6 Å². The zero-order valence-corrected chi connectivity index (χ0v) is 43.9. The molecule has 72 heavy (non-hydrogen) atoms. The van der Waals surface area contributed by atoms with Gasteiger partial charge in [0.15, 0.2) is 0 Å². The van der Waals surface area contributed by atoms with Gasteiger partial charge in [-0.15, -0.1) is 11.3 Å². The van der Waals surface area contributed by atoms with Gasteiger partial charge in [-0.3, -0.25) is 38.9 Å². The predicted octanol–water partition coefficient (Wildman–Crippen LogP) is 5.17. The minimum absolute atomic E-state index is 0.0792. The fourth-order valence-corrected chi connectivity index (χ4v) is 11.8. The molecule has 4 fully saturated rings. The number of hydrogen-bond acceptors (Lipinski definition) is 13. The van der Waals surface area contributed by atoms with Gasteiger partial charge in [0.25, 0.3) is 18.3 Å². The zero-order chi connectivity index (χ0) is 51.3. The van der Waals surface area contributed by atoms with Crippen molar-refractivity contribution in [3.05, 3.63) is 58.2 Å². The number of carbonyl (C=O) groups is 5. The van der Waals surface area contributed by atoms with Crippen molar-refractivity contribution in [3.63, 3.8) is 0 Å². The van der Waals surface area contributed by atoms with Crippen molar-refractivity contribution >= 4 is 52.3 Å². The van der Waals surface area contributed by atoms with Crippen LogP contribution in [0, 0.1) is 28.6 Å². The van der Waals surface area contributed by atoms with Crippen LogP contribution in [0.3, 0.4) is 0 Å². The molecule has 0 aliphatic carbocycles. The summed E-state index contributed by atoms with van der Waals surface area (Å²) in [6.45, 7) is 17.6. The molecule has 7 heterocycles. The third-order valence-electron chi connectivity index (χ3n) is 14.9. The van der Waals surface area contributed by atoms with Crippen LogP contribution in [0.5, 0.6) is 0 Å². The Morgan fingerprint density at radius 2 is 1.88 bits per heavy atom. The van der Waals surface area contributed by atoms with Crippen molar-refractivity contribution in [2.45, 2.75) is 104 Å². The Morgan fingerprint density at radius 3 is 2.61 bits per heavy atom. The molecule has 3 aromatic heterocycles. The summed E-state index contributed by atoms with van der Waals surface area (Å²) in [5, 5.41) is 8.42. The molecule has 18 heteroatoms. The molecule has 5 atom stereocenters. The number of benzene rings is 1. The molecule has 8 rings (SSSR count). The smallest absolute Gasteiger partial charge is 0.298 e. The van der Waals surface area contributed by atoms with Crippen LogP contribution in [0.2, 0.25) is 0 Å². The SMILES string of the molecule is CO[C@@H](C)c1ncccc1-c1c(CC(C)(C)COC=O)c2cc(-c3csc(C[C@H](NC(=O)[C@H](C(C)C)N4CCC5(CCN(C(=O)C#CCN6CCOCC6)C5)C4=O)C(=O)N4CCC[C@@H](C)N4)n3)ccc2n1C.